The zero-order valence-corrected chi connectivity index (χ0v) is 11.2. The number of nitrogens with two attached hydrogens (primary N) is 1. The number of hydrazine groups is 1. The molecule has 0 atom stereocenters. The number of hydrogen-bond donors (Lipinski definition) is 2. The Morgan fingerprint density at radius 3 is 2.95 bits per heavy atom. The quantitative estimate of drug-likeness (QED) is 0.467. The standard InChI is InChI=1S/C13H21N3O3/c1-18-9-10-2-5-16(6-3-10)8-12-11(4-7-19-12)13(17)15-14/h4,7,10H,2-3,5-6,8-9,14H2,1H3,(H,15,17). The topological polar surface area (TPSA) is 80.7 Å². The molecule has 0 unspecified atom stereocenters. The molecule has 19 heavy (non-hydrogen) atoms. The highest BCUT2D eigenvalue weighted by molar-refractivity contribution is 5.94. The Balaban J connectivity index is 1.89. The number of piperidine rings is 1. The molecule has 0 radical (unpaired) electrons. The molecule has 1 fully saturated rings. The maximum Gasteiger partial charge on any atom is 0.268 e. The molecule has 0 spiro atoms. The lowest BCUT2D eigenvalue weighted by Crippen LogP contribution is -2.35. The van der Waals surface area contributed by atoms with Crippen molar-refractivity contribution in [3.8, 4) is 0 Å². The summed E-state index contributed by atoms with van der Waals surface area (Å²) in [4.78, 5) is 13.8. The first-order chi connectivity index (χ1) is 9.24. The van der Waals surface area contributed by atoms with E-state index in [1.54, 1.807) is 13.2 Å². The fourth-order valence-corrected chi connectivity index (χ4v) is 2.49. The number of amides is 1. The Morgan fingerprint density at radius 2 is 2.32 bits per heavy atom. The summed E-state index contributed by atoms with van der Waals surface area (Å²) < 4.78 is 10.6. The Labute approximate surface area is 112 Å². The van der Waals surface area contributed by atoms with Crippen LogP contribution in [0.2, 0.25) is 0 Å². The maximum absolute atomic E-state index is 11.5. The van der Waals surface area contributed by atoms with Crippen molar-refractivity contribution >= 4 is 5.91 Å². The molecule has 6 nitrogen and oxygen atoms in total. The van der Waals surface area contributed by atoms with E-state index in [0.29, 0.717) is 23.8 Å². The number of carbonyl (C=O) groups is 1. The van der Waals surface area contributed by atoms with Gasteiger partial charge in [-0.05, 0) is 37.9 Å². The Kier molecular flexibility index (Phi) is 4.95. The summed E-state index contributed by atoms with van der Waals surface area (Å²) >= 11 is 0. The van der Waals surface area contributed by atoms with Crippen molar-refractivity contribution in [2.24, 2.45) is 11.8 Å². The molecule has 3 N–H and O–H groups in total. The number of likely N-dealkylation sites (tertiary alicyclic amines) is 1. The van der Waals surface area contributed by atoms with E-state index >= 15 is 0 Å². The molecule has 1 saturated heterocycles. The van der Waals surface area contributed by atoms with Crippen molar-refractivity contribution in [1.82, 2.24) is 10.3 Å². The first kappa shape index (κ1) is 14.0. The van der Waals surface area contributed by atoms with Crippen LogP contribution in [0.15, 0.2) is 16.7 Å². The SMILES string of the molecule is COCC1CCN(Cc2occc2C(=O)NN)CC1. The van der Waals surface area contributed by atoms with Crippen LogP contribution in [-0.2, 0) is 11.3 Å². The second-order valence-electron chi connectivity index (χ2n) is 4.91. The molecule has 2 heterocycles. The molecule has 1 aromatic rings. The van der Waals surface area contributed by atoms with Crippen molar-refractivity contribution in [1.29, 1.82) is 0 Å². The molecule has 1 aromatic heterocycles. The number of hydrogen-bond acceptors (Lipinski definition) is 5. The van der Waals surface area contributed by atoms with Gasteiger partial charge in [-0.25, -0.2) is 5.84 Å². The van der Waals surface area contributed by atoms with Gasteiger partial charge in [0.25, 0.3) is 5.91 Å². The van der Waals surface area contributed by atoms with E-state index in [0.717, 1.165) is 32.5 Å². The molecule has 0 aromatic carbocycles. The van der Waals surface area contributed by atoms with E-state index in [4.69, 9.17) is 15.0 Å². The van der Waals surface area contributed by atoms with Crippen LogP contribution in [0.3, 0.4) is 0 Å². The number of nitrogens with zero attached hydrogens (tertiary/aromatic N) is 1. The lowest BCUT2D eigenvalue weighted by atomic mass is 9.97. The van der Waals surface area contributed by atoms with Gasteiger partial charge in [-0.3, -0.25) is 15.1 Å². The van der Waals surface area contributed by atoms with Crippen LogP contribution in [-0.4, -0.2) is 37.6 Å². The van der Waals surface area contributed by atoms with E-state index in [-0.39, 0.29) is 5.91 Å². The number of ether oxygens (including phenoxy) is 1. The van der Waals surface area contributed by atoms with Crippen LogP contribution in [0, 0.1) is 5.92 Å². The predicted molar refractivity (Wildman–Crippen MR) is 70.2 cm³/mol. The van der Waals surface area contributed by atoms with Crippen molar-refractivity contribution in [2.75, 3.05) is 26.8 Å². The Morgan fingerprint density at radius 1 is 1.58 bits per heavy atom. The van der Waals surface area contributed by atoms with Crippen molar-refractivity contribution in [3.63, 3.8) is 0 Å². The summed E-state index contributed by atoms with van der Waals surface area (Å²) in [6, 6.07) is 1.65. The zero-order valence-electron chi connectivity index (χ0n) is 11.2. The summed E-state index contributed by atoms with van der Waals surface area (Å²) in [5.74, 6) is 6.16. The third kappa shape index (κ3) is 3.56. The lowest BCUT2D eigenvalue weighted by molar-refractivity contribution is 0.0913. The molecule has 1 aliphatic heterocycles. The number of furan rings is 1. The van der Waals surface area contributed by atoms with Gasteiger partial charge < -0.3 is 9.15 Å². The van der Waals surface area contributed by atoms with E-state index in [2.05, 4.69) is 10.3 Å². The lowest BCUT2D eigenvalue weighted by Gasteiger charge is -2.31. The molecule has 106 valence electrons. The van der Waals surface area contributed by atoms with Crippen molar-refractivity contribution in [3.05, 3.63) is 23.7 Å². The highest BCUT2D eigenvalue weighted by Crippen LogP contribution is 2.20. The first-order valence-electron chi connectivity index (χ1n) is 6.53. The number of nitrogens with one attached hydrogen (secondary N) is 1. The van der Waals surface area contributed by atoms with Gasteiger partial charge in [-0.1, -0.05) is 0 Å². The van der Waals surface area contributed by atoms with Crippen LogP contribution >= 0.6 is 0 Å². The summed E-state index contributed by atoms with van der Waals surface area (Å²) in [7, 11) is 1.74. The number of nitrogen functional groups attached to an aromatic ring is 1. The highest BCUT2D eigenvalue weighted by Gasteiger charge is 2.22. The smallest absolute Gasteiger partial charge is 0.268 e. The minimum Gasteiger partial charge on any atom is -0.467 e. The van der Waals surface area contributed by atoms with E-state index < -0.39 is 0 Å². The fourth-order valence-electron chi connectivity index (χ4n) is 2.49. The van der Waals surface area contributed by atoms with Gasteiger partial charge in [0.2, 0.25) is 0 Å². The van der Waals surface area contributed by atoms with Crippen LogP contribution in [0.5, 0.6) is 0 Å². The van der Waals surface area contributed by atoms with Gasteiger partial charge in [0, 0.05) is 13.7 Å². The first-order valence-corrected chi connectivity index (χ1v) is 6.53. The molecular formula is C13H21N3O3. The molecule has 1 aliphatic rings. The van der Waals surface area contributed by atoms with Crippen LogP contribution in [0.4, 0.5) is 0 Å². The molecule has 0 aliphatic carbocycles. The minimum absolute atomic E-state index is 0.307. The Bertz CT molecular complexity index is 411. The molecule has 1 amide bonds. The predicted octanol–water partition coefficient (Wildman–Crippen LogP) is 0.742. The number of methoxy groups -OCH3 is 1. The molecule has 6 heteroatoms. The van der Waals surface area contributed by atoms with Gasteiger partial charge in [0.05, 0.1) is 18.4 Å². The number of rotatable bonds is 5. The van der Waals surface area contributed by atoms with Crippen LogP contribution in [0.25, 0.3) is 0 Å². The van der Waals surface area contributed by atoms with Gasteiger partial charge in [-0.2, -0.15) is 0 Å². The normalized spacial score (nSPS) is 17.6. The second-order valence-corrected chi connectivity index (χ2v) is 4.91. The largest absolute Gasteiger partial charge is 0.467 e. The molecular weight excluding hydrogens is 246 g/mol. The third-order valence-corrected chi connectivity index (χ3v) is 3.60. The zero-order chi connectivity index (χ0) is 13.7. The average Bonchev–Trinajstić information content (AvgIpc) is 2.88. The number of carbonyl (C=O) groups excluding carboxylic acids is 1. The van der Waals surface area contributed by atoms with Gasteiger partial charge in [0.1, 0.15) is 5.76 Å². The fraction of sp³-hybridized carbons (Fsp3) is 0.615. The van der Waals surface area contributed by atoms with Gasteiger partial charge in [-0.15, -0.1) is 0 Å². The molecule has 2 rings (SSSR count). The van der Waals surface area contributed by atoms with Gasteiger partial charge >= 0.3 is 0 Å². The maximum atomic E-state index is 11.5. The second kappa shape index (κ2) is 6.70. The van der Waals surface area contributed by atoms with E-state index in [1.165, 1.54) is 6.26 Å². The van der Waals surface area contributed by atoms with E-state index in [9.17, 15) is 4.79 Å². The highest BCUT2D eigenvalue weighted by atomic mass is 16.5. The minimum atomic E-state index is -0.307. The van der Waals surface area contributed by atoms with Crippen LogP contribution in [0.1, 0.15) is 29.0 Å². The average molecular weight is 267 g/mol. The monoisotopic (exact) mass is 267 g/mol. The van der Waals surface area contributed by atoms with Crippen molar-refractivity contribution in [2.45, 2.75) is 19.4 Å². The molecule has 0 bridgehead atoms. The van der Waals surface area contributed by atoms with E-state index in [1.807, 2.05) is 0 Å². The summed E-state index contributed by atoms with van der Waals surface area (Å²) in [6.45, 7) is 3.47. The third-order valence-electron chi connectivity index (χ3n) is 3.60. The summed E-state index contributed by atoms with van der Waals surface area (Å²) in [5, 5.41) is 0. The summed E-state index contributed by atoms with van der Waals surface area (Å²) in [6.07, 6.45) is 3.76. The summed E-state index contributed by atoms with van der Waals surface area (Å²) in [5.41, 5.74) is 2.65. The Hall–Kier alpha value is -1.37. The molecule has 0 saturated carbocycles. The van der Waals surface area contributed by atoms with Gasteiger partial charge in [0.15, 0.2) is 0 Å². The van der Waals surface area contributed by atoms with Crippen molar-refractivity contribution < 1.29 is 13.9 Å². The van der Waals surface area contributed by atoms with Crippen LogP contribution < -0.4 is 11.3 Å².